The van der Waals surface area contributed by atoms with Gasteiger partial charge in [0, 0.05) is 12.3 Å². The minimum absolute atomic E-state index is 0.0369. The van der Waals surface area contributed by atoms with Crippen molar-refractivity contribution in [1.29, 1.82) is 0 Å². The average Bonchev–Trinajstić information content (AvgIpc) is 3.31. The van der Waals surface area contributed by atoms with Gasteiger partial charge in [-0.15, -0.1) is 10.2 Å². The van der Waals surface area contributed by atoms with Gasteiger partial charge in [0.2, 0.25) is 11.0 Å². The van der Waals surface area contributed by atoms with Crippen molar-refractivity contribution in [2.24, 2.45) is 0 Å². The highest BCUT2D eigenvalue weighted by Gasteiger charge is 2.27. The highest BCUT2D eigenvalue weighted by atomic mass is 32.1. The number of benzene rings is 1. The highest BCUT2D eigenvalue weighted by Crippen LogP contribution is 2.42. The van der Waals surface area contributed by atoms with Crippen LogP contribution in [0.5, 0.6) is 5.75 Å². The van der Waals surface area contributed by atoms with E-state index >= 15 is 0 Å². The van der Waals surface area contributed by atoms with Crippen molar-refractivity contribution in [2.75, 3.05) is 11.9 Å². The molecule has 1 saturated carbocycles. The van der Waals surface area contributed by atoms with Crippen LogP contribution in [-0.4, -0.2) is 22.7 Å². The predicted molar refractivity (Wildman–Crippen MR) is 100 cm³/mol. The summed E-state index contributed by atoms with van der Waals surface area (Å²) in [6, 6.07) is 8.16. The first-order valence-electron chi connectivity index (χ1n) is 8.78. The minimum atomic E-state index is -0.0369. The quantitative estimate of drug-likeness (QED) is 0.739. The lowest BCUT2D eigenvalue weighted by atomic mass is 9.87. The van der Waals surface area contributed by atoms with Crippen LogP contribution in [0.15, 0.2) is 24.3 Å². The maximum atomic E-state index is 11.9. The third kappa shape index (κ3) is 5.26. The molecule has 1 fully saturated rings. The van der Waals surface area contributed by atoms with Crippen molar-refractivity contribution >= 4 is 22.4 Å². The number of carbonyl (C=O) groups excluding carboxylic acids is 1. The highest BCUT2D eigenvalue weighted by molar-refractivity contribution is 7.15. The van der Waals surface area contributed by atoms with Crippen molar-refractivity contribution in [2.45, 2.75) is 57.8 Å². The van der Waals surface area contributed by atoms with Gasteiger partial charge < -0.3 is 10.1 Å². The monoisotopic (exact) mass is 359 g/mol. The van der Waals surface area contributed by atoms with Gasteiger partial charge in [-0.2, -0.15) is 0 Å². The second-order valence-electron chi connectivity index (χ2n) is 7.49. The molecule has 0 radical (unpaired) electrons. The van der Waals surface area contributed by atoms with E-state index in [4.69, 9.17) is 4.74 Å². The minimum Gasteiger partial charge on any atom is -0.494 e. The summed E-state index contributed by atoms with van der Waals surface area (Å²) in [7, 11) is 0. The van der Waals surface area contributed by atoms with Crippen molar-refractivity contribution in [3.8, 4) is 5.75 Å². The number of ether oxygens (including phenoxy) is 1. The van der Waals surface area contributed by atoms with Gasteiger partial charge in [-0.05, 0) is 42.4 Å². The molecule has 1 N–H and O–H groups in total. The first kappa shape index (κ1) is 17.9. The lowest BCUT2D eigenvalue weighted by Crippen LogP contribution is -2.13. The number of aromatic nitrogens is 2. The Labute approximate surface area is 152 Å². The van der Waals surface area contributed by atoms with Crippen molar-refractivity contribution < 1.29 is 9.53 Å². The summed E-state index contributed by atoms with van der Waals surface area (Å²) in [5.41, 5.74) is 1.42. The van der Waals surface area contributed by atoms with Crippen LogP contribution in [-0.2, 0) is 10.2 Å². The van der Waals surface area contributed by atoms with Crippen LogP contribution < -0.4 is 10.1 Å². The van der Waals surface area contributed by atoms with E-state index < -0.39 is 0 Å². The van der Waals surface area contributed by atoms with Gasteiger partial charge in [0.15, 0.2) is 0 Å². The molecule has 0 bridgehead atoms. The Kier molecular flexibility index (Phi) is 5.37. The Morgan fingerprint density at radius 3 is 2.60 bits per heavy atom. The van der Waals surface area contributed by atoms with Crippen LogP contribution in [0, 0.1) is 0 Å². The van der Waals surface area contributed by atoms with Crippen molar-refractivity contribution in [3.05, 3.63) is 34.8 Å². The van der Waals surface area contributed by atoms with Crippen LogP contribution in [0.3, 0.4) is 0 Å². The Hall–Kier alpha value is -1.95. The molecule has 5 nitrogen and oxygen atoms in total. The first-order chi connectivity index (χ1) is 11.9. The molecule has 1 aromatic heterocycles. The van der Waals surface area contributed by atoms with Gasteiger partial charge in [0.1, 0.15) is 10.8 Å². The Morgan fingerprint density at radius 1 is 1.24 bits per heavy atom. The fourth-order valence-corrected chi connectivity index (χ4v) is 3.36. The van der Waals surface area contributed by atoms with E-state index in [1.54, 1.807) is 0 Å². The molecule has 1 amide bonds. The Bertz CT molecular complexity index is 715. The zero-order valence-corrected chi connectivity index (χ0v) is 15.9. The van der Waals surface area contributed by atoms with E-state index in [1.807, 2.05) is 12.1 Å². The third-order valence-electron chi connectivity index (χ3n) is 4.15. The molecule has 0 unspecified atom stereocenters. The Balaban J connectivity index is 1.36. The summed E-state index contributed by atoms with van der Waals surface area (Å²) in [5.74, 6) is 1.37. The van der Waals surface area contributed by atoms with Crippen molar-refractivity contribution in [3.63, 3.8) is 0 Å². The van der Waals surface area contributed by atoms with Gasteiger partial charge in [-0.1, -0.05) is 44.2 Å². The number of hydrogen-bond acceptors (Lipinski definition) is 5. The molecule has 1 aromatic carbocycles. The van der Waals surface area contributed by atoms with Gasteiger partial charge in [-0.25, -0.2) is 0 Å². The largest absolute Gasteiger partial charge is 0.494 e. The topological polar surface area (TPSA) is 64.1 Å². The second-order valence-corrected chi connectivity index (χ2v) is 8.50. The van der Waals surface area contributed by atoms with Crippen LogP contribution in [0.25, 0.3) is 0 Å². The number of rotatable bonds is 7. The zero-order chi connectivity index (χ0) is 17.9. The lowest BCUT2D eigenvalue weighted by Gasteiger charge is -2.19. The van der Waals surface area contributed by atoms with E-state index in [0.29, 0.717) is 30.5 Å². The molecule has 0 atom stereocenters. The number of carbonyl (C=O) groups is 1. The molecular weight excluding hydrogens is 334 g/mol. The summed E-state index contributed by atoms with van der Waals surface area (Å²) in [4.78, 5) is 11.9. The molecular formula is C19H25N3O2S. The number of amides is 1. The molecule has 134 valence electrons. The lowest BCUT2D eigenvalue weighted by molar-refractivity contribution is -0.116. The van der Waals surface area contributed by atoms with E-state index in [2.05, 4.69) is 48.4 Å². The SMILES string of the molecule is CC(C)(C)c1ccc(OCCCC(=O)Nc2nnc(C3CC3)s2)cc1. The van der Waals surface area contributed by atoms with Gasteiger partial charge in [-0.3, -0.25) is 4.79 Å². The zero-order valence-electron chi connectivity index (χ0n) is 15.0. The number of hydrogen-bond donors (Lipinski definition) is 1. The van der Waals surface area contributed by atoms with Crippen LogP contribution >= 0.6 is 11.3 Å². The van der Waals surface area contributed by atoms with E-state index in [9.17, 15) is 4.79 Å². The smallest absolute Gasteiger partial charge is 0.226 e. The van der Waals surface area contributed by atoms with Crippen LogP contribution in [0.2, 0.25) is 0 Å². The molecule has 25 heavy (non-hydrogen) atoms. The van der Waals surface area contributed by atoms with E-state index in [1.165, 1.54) is 29.7 Å². The summed E-state index contributed by atoms with van der Waals surface area (Å²) in [6.45, 7) is 7.08. The summed E-state index contributed by atoms with van der Waals surface area (Å²) >= 11 is 1.49. The summed E-state index contributed by atoms with van der Waals surface area (Å²) in [5, 5.41) is 12.6. The fourth-order valence-electron chi connectivity index (χ4n) is 2.44. The molecule has 1 heterocycles. The molecule has 3 rings (SSSR count). The third-order valence-corrected chi connectivity index (χ3v) is 5.15. The number of anilines is 1. The van der Waals surface area contributed by atoms with Gasteiger partial charge in [0.25, 0.3) is 0 Å². The molecule has 0 saturated heterocycles. The van der Waals surface area contributed by atoms with E-state index in [0.717, 1.165) is 10.8 Å². The van der Waals surface area contributed by atoms with Gasteiger partial charge in [0.05, 0.1) is 6.61 Å². The van der Waals surface area contributed by atoms with Crippen LogP contribution in [0.1, 0.15) is 62.9 Å². The number of nitrogens with zero attached hydrogens (tertiary/aromatic N) is 2. The van der Waals surface area contributed by atoms with Gasteiger partial charge >= 0.3 is 0 Å². The predicted octanol–water partition coefficient (Wildman–Crippen LogP) is 4.51. The van der Waals surface area contributed by atoms with Crippen molar-refractivity contribution in [1.82, 2.24) is 10.2 Å². The first-order valence-corrected chi connectivity index (χ1v) is 9.60. The molecule has 2 aromatic rings. The standard InChI is InChI=1S/C19H25N3O2S/c1-19(2,3)14-8-10-15(11-9-14)24-12-4-5-16(23)20-18-22-21-17(25-18)13-6-7-13/h8-11,13H,4-7,12H2,1-3H3,(H,20,22,23). The summed E-state index contributed by atoms with van der Waals surface area (Å²) in [6.07, 6.45) is 3.47. The summed E-state index contributed by atoms with van der Waals surface area (Å²) < 4.78 is 5.71. The fraction of sp³-hybridized carbons (Fsp3) is 0.526. The number of nitrogens with one attached hydrogen (secondary N) is 1. The molecule has 1 aliphatic rings. The second kappa shape index (κ2) is 7.52. The molecule has 1 aliphatic carbocycles. The maximum absolute atomic E-state index is 11.9. The normalized spacial score (nSPS) is 14.4. The Morgan fingerprint density at radius 2 is 1.96 bits per heavy atom. The van der Waals surface area contributed by atoms with E-state index in [-0.39, 0.29) is 11.3 Å². The average molecular weight is 359 g/mol. The van der Waals surface area contributed by atoms with Crippen LogP contribution in [0.4, 0.5) is 5.13 Å². The molecule has 0 spiro atoms. The maximum Gasteiger partial charge on any atom is 0.226 e. The molecule has 0 aliphatic heterocycles. The molecule has 6 heteroatoms.